The number of nitrogens with one attached hydrogen (secondary N) is 1. The van der Waals surface area contributed by atoms with Crippen LogP contribution in [0, 0.1) is 36.7 Å². The van der Waals surface area contributed by atoms with Crippen LogP contribution in [-0.4, -0.2) is 49.2 Å². The molecule has 0 aliphatic carbocycles. The van der Waals surface area contributed by atoms with Crippen molar-refractivity contribution in [2.45, 2.75) is 33.1 Å². The number of pyridine rings is 1. The lowest BCUT2D eigenvalue weighted by molar-refractivity contribution is -0.156. The van der Waals surface area contributed by atoms with Crippen molar-refractivity contribution in [1.29, 1.82) is 0 Å². The monoisotopic (exact) mass is 577 g/mol. The van der Waals surface area contributed by atoms with Crippen LogP contribution in [0.25, 0.3) is 10.9 Å². The zero-order valence-electron chi connectivity index (χ0n) is 24.0. The van der Waals surface area contributed by atoms with Crippen molar-refractivity contribution in [2.24, 2.45) is 5.41 Å². The van der Waals surface area contributed by atoms with Crippen LogP contribution in [-0.2, 0) is 16.0 Å². The molecular weight excluding hydrogens is 543 g/mol. The first-order valence-electron chi connectivity index (χ1n) is 14.0. The molecule has 1 aliphatic rings. The van der Waals surface area contributed by atoms with Crippen LogP contribution in [0.1, 0.15) is 29.7 Å². The molecule has 6 nitrogen and oxygen atoms in total. The van der Waals surface area contributed by atoms with Gasteiger partial charge in [-0.1, -0.05) is 48.5 Å². The van der Waals surface area contributed by atoms with E-state index in [-0.39, 0.29) is 18.1 Å². The molecule has 1 fully saturated rings. The van der Waals surface area contributed by atoms with E-state index >= 15 is 13.2 Å². The van der Waals surface area contributed by atoms with Gasteiger partial charge in [0.15, 0.2) is 23.2 Å². The summed E-state index contributed by atoms with van der Waals surface area (Å²) in [6, 6.07) is 18.7. The summed E-state index contributed by atoms with van der Waals surface area (Å²) in [4.78, 5) is 19.3. The number of carbonyl (C=O) groups excluding carboxylic acids is 1. The number of likely N-dealkylation sites (tertiary alicyclic amines) is 1. The third kappa shape index (κ3) is 5.92. The van der Waals surface area contributed by atoms with Crippen molar-refractivity contribution in [3.05, 3.63) is 94.9 Å². The second-order valence-electron chi connectivity index (χ2n) is 10.8. The van der Waals surface area contributed by atoms with Crippen LogP contribution in [0.15, 0.2) is 60.7 Å². The number of nitrogens with zero attached hydrogens (tertiary/aromatic N) is 2. The van der Waals surface area contributed by atoms with Crippen LogP contribution in [0.2, 0.25) is 0 Å². The Labute approximate surface area is 243 Å². The third-order valence-electron chi connectivity index (χ3n) is 8.07. The Bertz CT molecular complexity index is 1590. The number of para-hydroxylation sites is 1. The van der Waals surface area contributed by atoms with Gasteiger partial charge in [-0.05, 0) is 63.9 Å². The van der Waals surface area contributed by atoms with Crippen LogP contribution in [0.5, 0.6) is 5.75 Å². The summed E-state index contributed by atoms with van der Waals surface area (Å²) >= 11 is 0. The molecule has 0 saturated carbocycles. The predicted molar refractivity (Wildman–Crippen MR) is 157 cm³/mol. The second kappa shape index (κ2) is 12.4. The molecule has 0 amide bonds. The number of aryl methyl sites for hydroxylation is 1. The molecule has 1 N–H and O–H groups in total. The molecule has 2 heterocycles. The number of hydrogen-bond donors (Lipinski definition) is 1. The van der Waals surface area contributed by atoms with Crippen molar-refractivity contribution in [3.63, 3.8) is 0 Å². The van der Waals surface area contributed by atoms with Gasteiger partial charge in [0.25, 0.3) is 0 Å². The number of carbonyl (C=O) groups is 1. The average molecular weight is 578 g/mol. The van der Waals surface area contributed by atoms with E-state index in [0.29, 0.717) is 61.2 Å². The highest BCUT2D eigenvalue weighted by Gasteiger charge is 2.42. The highest BCUT2D eigenvalue weighted by Crippen LogP contribution is 2.38. The van der Waals surface area contributed by atoms with E-state index < -0.39 is 34.3 Å². The van der Waals surface area contributed by atoms with Crippen LogP contribution in [0.3, 0.4) is 0 Å². The lowest BCUT2D eigenvalue weighted by atomic mass is 9.73. The maximum absolute atomic E-state index is 15.6. The quantitative estimate of drug-likeness (QED) is 0.219. The molecule has 3 aromatic carbocycles. The van der Waals surface area contributed by atoms with Gasteiger partial charge in [0.2, 0.25) is 0 Å². The van der Waals surface area contributed by atoms with Gasteiger partial charge in [-0.25, -0.2) is 13.2 Å². The molecule has 4 aromatic rings. The summed E-state index contributed by atoms with van der Waals surface area (Å²) in [5.74, 6) is -4.09. The summed E-state index contributed by atoms with van der Waals surface area (Å²) in [5.41, 5.74) is 1.39. The number of methoxy groups -OCH3 is 1. The molecule has 0 unspecified atom stereocenters. The topological polar surface area (TPSA) is 63.7 Å². The molecule has 1 aromatic heterocycles. The van der Waals surface area contributed by atoms with Crippen LogP contribution < -0.4 is 10.1 Å². The number of esters is 1. The first-order valence-corrected chi connectivity index (χ1v) is 14.0. The molecule has 0 radical (unpaired) electrons. The summed E-state index contributed by atoms with van der Waals surface area (Å²) in [7, 11) is 1.41. The standard InChI is InChI=1S/C33H34F3N3O3/c1-21-19-26(24-11-7-8-12-25(24)37-21)38-30-27(34)22(2)28(35)31(29(30)36)42-18-17-39-15-13-33(14-16-39,32(40)41-3)20-23-9-5-4-6-10-23/h4-12,19H,13-18,20H2,1-3H3,(H,37,38). The second-order valence-corrected chi connectivity index (χ2v) is 10.8. The fourth-order valence-corrected chi connectivity index (χ4v) is 5.68. The van der Waals surface area contributed by atoms with E-state index in [9.17, 15) is 4.79 Å². The Morgan fingerprint density at radius 3 is 2.38 bits per heavy atom. The highest BCUT2D eigenvalue weighted by atomic mass is 19.1. The van der Waals surface area contributed by atoms with E-state index in [4.69, 9.17) is 9.47 Å². The SMILES string of the molecule is COC(=O)C1(Cc2ccccc2)CCN(CCOc2c(F)c(C)c(F)c(Nc3cc(C)nc4ccccc34)c2F)CC1. The Hall–Kier alpha value is -4.11. The number of fused-ring (bicyclic) bond motifs is 1. The number of rotatable bonds is 9. The minimum Gasteiger partial charge on any atom is -0.486 e. The number of piperidine rings is 1. The van der Waals surface area contributed by atoms with Gasteiger partial charge in [-0.2, -0.15) is 0 Å². The summed E-state index contributed by atoms with van der Waals surface area (Å²) < 4.78 is 56.6. The van der Waals surface area contributed by atoms with E-state index in [1.165, 1.54) is 14.0 Å². The van der Waals surface area contributed by atoms with E-state index in [1.807, 2.05) is 42.5 Å². The molecule has 1 saturated heterocycles. The minimum absolute atomic E-state index is 0.0143. The maximum Gasteiger partial charge on any atom is 0.312 e. The van der Waals surface area contributed by atoms with Gasteiger partial charge in [0, 0.05) is 28.9 Å². The number of ether oxygens (including phenoxy) is 2. The van der Waals surface area contributed by atoms with Crippen molar-refractivity contribution in [2.75, 3.05) is 38.7 Å². The lowest BCUT2D eigenvalue weighted by Gasteiger charge is -2.39. The smallest absolute Gasteiger partial charge is 0.312 e. The fourth-order valence-electron chi connectivity index (χ4n) is 5.68. The molecule has 0 bridgehead atoms. The molecule has 220 valence electrons. The maximum atomic E-state index is 15.6. The molecule has 0 atom stereocenters. The predicted octanol–water partition coefficient (Wildman–Crippen LogP) is 6.89. The lowest BCUT2D eigenvalue weighted by Crippen LogP contribution is -2.47. The van der Waals surface area contributed by atoms with Crippen molar-refractivity contribution < 1.29 is 27.4 Å². The summed E-state index contributed by atoms with van der Waals surface area (Å²) in [6.45, 7) is 4.60. The highest BCUT2D eigenvalue weighted by molar-refractivity contribution is 5.93. The Balaban J connectivity index is 1.28. The van der Waals surface area contributed by atoms with E-state index in [0.717, 1.165) is 5.56 Å². The van der Waals surface area contributed by atoms with Gasteiger partial charge in [-0.3, -0.25) is 14.7 Å². The Kier molecular flexibility index (Phi) is 8.68. The van der Waals surface area contributed by atoms with Gasteiger partial charge < -0.3 is 14.8 Å². The van der Waals surface area contributed by atoms with Crippen molar-refractivity contribution >= 4 is 28.2 Å². The van der Waals surface area contributed by atoms with Gasteiger partial charge in [0.1, 0.15) is 12.3 Å². The molecule has 9 heteroatoms. The molecule has 5 rings (SSSR count). The third-order valence-corrected chi connectivity index (χ3v) is 8.07. The average Bonchev–Trinajstić information content (AvgIpc) is 3.00. The minimum atomic E-state index is -1.14. The number of aromatic nitrogens is 1. The van der Waals surface area contributed by atoms with Crippen molar-refractivity contribution in [3.8, 4) is 5.75 Å². The number of halogens is 3. The molecule has 1 aliphatic heterocycles. The van der Waals surface area contributed by atoms with Crippen LogP contribution >= 0.6 is 0 Å². The van der Waals surface area contributed by atoms with Gasteiger partial charge >= 0.3 is 5.97 Å². The first-order chi connectivity index (χ1) is 20.2. The molecule has 0 spiro atoms. The Morgan fingerprint density at radius 2 is 1.67 bits per heavy atom. The van der Waals surface area contributed by atoms with E-state index in [2.05, 4.69) is 15.2 Å². The first kappa shape index (κ1) is 29.4. The number of benzene rings is 3. The largest absolute Gasteiger partial charge is 0.486 e. The van der Waals surface area contributed by atoms with Gasteiger partial charge in [-0.15, -0.1) is 0 Å². The summed E-state index contributed by atoms with van der Waals surface area (Å²) in [6.07, 6.45) is 1.75. The number of anilines is 2. The Morgan fingerprint density at radius 1 is 0.976 bits per heavy atom. The fraction of sp³-hybridized carbons (Fsp3) is 0.333. The van der Waals surface area contributed by atoms with Crippen molar-refractivity contribution in [1.82, 2.24) is 9.88 Å². The van der Waals surface area contributed by atoms with Gasteiger partial charge in [0.05, 0.1) is 18.0 Å². The zero-order valence-corrected chi connectivity index (χ0v) is 24.0. The zero-order chi connectivity index (χ0) is 29.9. The molecular formula is C33H34F3N3O3. The summed E-state index contributed by atoms with van der Waals surface area (Å²) in [5, 5.41) is 3.50. The van der Waals surface area contributed by atoms with Crippen LogP contribution in [0.4, 0.5) is 24.5 Å². The molecule has 42 heavy (non-hydrogen) atoms. The normalized spacial score (nSPS) is 15.0. The number of hydrogen-bond acceptors (Lipinski definition) is 6. The van der Waals surface area contributed by atoms with E-state index in [1.54, 1.807) is 25.1 Å².